The maximum absolute atomic E-state index is 14.0. The van der Waals surface area contributed by atoms with Crippen LogP contribution in [0.3, 0.4) is 0 Å². The molecule has 0 spiro atoms. The van der Waals surface area contributed by atoms with Crippen LogP contribution in [0.2, 0.25) is 0 Å². The van der Waals surface area contributed by atoms with E-state index in [-0.39, 0.29) is 11.8 Å². The van der Waals surface area contributed by atoms with Crippen molar-refractivity contribution in [2.24, 2.45) is 0 Å². The highest BCUT2D eigenvalue weighted by molar-refractivity contribution is 5.94. The average Bonchev–Trinajstić information content (AvgIpc) is 3.51. The van der Waals surface area contributed by atoms with Crippen LogP contribution in [-0.4, -0.2) is 46.1 Å². The van der Waals surface area contributed by atoms with Gasteiger partial charge in [0, 0.05) is 34.9 Å². The lowest BCUT2D eigenvalue weighted by molar-refractivity contribution is 0.238. The van der Waals surface area contributed by atoms with Gasteiger partial charge in [0.25, 0.3) is 0 Å². The van der Waals surface area contributed by atoms with E-state index in [0.717, 1.165) is 40.2 Å². The Labute approximate surface area is 191 Å². The zero-order chi connectivity index (χ0) is 22.8. The van der Waals surface area contributed by atoms with Crippen LogP contribution in [-0.2, 0) is 0 Å². The number of nitrogens with zero attached hydrogens (tertiary/aromatic N) is 3. The number of aromatic nitrogens is 3. The van der Waals surface area contributed by atoms with Crippen LogP contribution in [0, 0.1) is 12.7 Å². The largest absolute Gasteiger partial charge is 0.492 e. The van der Waals surface area contributed by atoms with Gasteiger partial charge < -0.3 is 20.8 Å². The van der Waals surface area contributed by atoms with Crippen molar-refractivity contribution in [2.75, 3.05) is 37.3 Å². The zero-order valence-electron chi connectivity index (χ0n) is 18.6. The molecule has 1 aliphatic heterocycles. The average molecular weight is 447 g/mol. The summed E-state index contributed by atoms with van der Waals surface area (Å²) < 4.78 is 20.0. The predicted octanol–water partition coefficient (Wildman–Crippen LogP) is 4.87. The number of benzene rings is 2. The highest BCUT2D eigenvalue weighted by Gasteiger charge is 2.15. The van der Waals surface area contributed by atoms with Crippen molar-refractivity contribution in [1.29, 1.82) is 0 Å². The second kappa shape index (κ2) is 9.07. The molecule has 1 fully saturated rings. The number of rotatable bonds is 7. The summed E-state index contributed by atoms with van der Waals surface area (Å²) in [5, 5.41) is 4.04. The first-order valence-electron chi connectivity index (χ1n) is 11.2. The lowest BCUT2D eigenvalue weighted by Crippen LogP contribution is -2.25. The van der Waals surface area contributed by atoms with Crippen molar-refractivity contribution in [3.8, 4) is 17.0 Å². The van der Waals surface area contributed by atoms with Crippen LogP contribution in [0.25, 0.3) is 22.2 Å². The Hall–Kier alpha value is -3.65. The summed E-state index contributed by atoms with van der Waals surface area (Å²) in [4.78, 5) is 14.2. The first-order valence-corrected chi connectivity index (χ1v) is 11.2. The van der Waals surface area contributed by atoms with Crippen molar-refractivity contribution < 1.29 is 9.13 Å². The van der Waals surface area contributed by atoms with Crippen LogP contribution in [0.15, 0.2) is 48.7 Å². The fraction of sp³-hybridized carbons (Fsp3) is 0.280. The summed E-state index contributed by atoms with van der Waals surface area (Å²) in [6, 6.07) is 12.8. The number of halogens is 1. The van der Waals surface area contributed by atoms with Gasteiger partial charge in [0.15, 0.2) is 0 Å². The second-order valence-corrected chi connectivity index (χ2v) is 8.31. The molecule has 2 aromatic carbocycles. The second-order valence-electron chi connectivity index (χ2n) is 8.31. The number of hydrogen-bond donors (Lipinski definition) is 3. The van der Waals surface area contributed by atoms with Gasteiger partial charge in [0.1, 0.15) is 24.0 Å². The number of nitrogens with one attached hydrogen (secondary N) is 2. The molecule has 0 bridgehead atoms. The monoisotopic (exact) mass is 446 g/mol. The molecule has 0 saturated carbocycles. The van der Waals surface area contributed by atoms with Crippen LogP contribution in [0.5, 0.6) is 5.75 Å². The molecule has 0 radical (unpaired) electrons. The van der Waals surface area contributed by atoms with Crippen molar-refractivity contribution >= 4 is 28.4 Å². The summed E-state index contributed by atoms with van der Waals surface area (Å²) in [5.74, 6) is 1.27. The van der Waals surface area contributed by atoms with Gasteiger partial charge in [-0.2, -0.15) is 4.98 Å². The van der Waals surface area contributed by atoms with E-state index < -0.39 is 0 Å². The van der Waals surface area contributed by atoms with Crippen molar-refractivity contribution in [2.45, 2.75) is 19.8 Å². The Kier molecular flexibility index (Phi) is 5.83. The van der Waals surface area contributed by atoms with E-state index in [1.54, 1.807) is 12.3 Å². The molecule has 1 saturated heterocycles. The van der Waals surface area contributed by atoms with Gasteiger partial charge in [-0.15, -0.1) is 0 Å². The topological polar surface area (TPSA) is 92.1 Å². The molecule has 2 aromatic heterocycles. The SMILES string of the molecule is Cc1c(Nc2ccc(F)c3[nH]ccc23)nc(N)nc1-c1ccc(OCCN2CCCC2)cc1. The number of ether oxygens (including phenoxy) is 1. The summed E-state index contributed by atoms with van der Waals surface area (Å²) in [6.45, 7) is 5.91. The molecule has 0 aliphatic carbocycles. The number of aromatic amines is 1. The third-order valence-corrected chi connectivity index (χ3v) is 6.09. The number of hydrogen-bond acceptors (Lipinski definition) is 6. The molecule has 0 atom stereocenters. The highest BCUT2D eigenvalue weighted by Crippen LogP contribution is 2.32. The zero-order valence-corrected chi connectivity index (χ0v) is 18.6. The van der Waals surface area contributed by atoms with E-state index in [9.17, 15) is 4.39 Å². The minimum atomic E-state index is -0.303. The van der Waals surface area contributed by atoms with Gasteiger partial charge in [-0.05, 0) is 75.3 Å². The van der Waals surface area contributed by atoms with E-state index in [4.69, 9.17) is 10.5 Å². The standard InChI is InChI=1S/C25H27FN6O/c1-16-22(17-4-6-18(7-5-17)33-15-14-32-12-2-3-13-32)30-25(27)31-24(16)29-21-9-8-20(26)23-19(21)10-11-28-23/h4-11,28H,2-3,12-15H2,1H3,(H3,27,29,30,31). The van der Waals surface area contributed by atoms with E-state index >= 15 is 0 Å². The number of nitrogen functional groups attached to an aromatic ring is 1. The van der Waals surface area contributed by atoms with Gasteiger partial charge >= 0.3 is 0 Å². The van der Waals surface area contributed by atoms with E-state index in [2.05, 4.69) is 25.2 Å². The van der Waals surface area contributed by atoms with E-state index in [0.29, 0.717) is 17.9 Å². The summed E-state index contributed by atoms with van der Waals surface area (Å²) in [6.07, 6.45) is 4.27. The minimum Gasteiger partial charge on any atom is -0.492 e. The van der Waals surface area contributed by atoms with E-state index in [1.807, 2.05) is 37.3 Å². The molecular weight excluding hydrogens is 419 g/mol. The predicted molar refractivity (Wildman–Crippen MR) is 129 cm³/mol. The van der Waals surface area contributed by atoms with Crippen LogP contribution >= 0.6 is 0 Å². The Morgan fingerprint density at radius 2 is 1.88 bits per heavy atom. The first kappa shape index (κ1) is 21.2. The smallest absolute Gasteiger partial charge is 0.222 e. The Morgan fingerprint density at radius 3 is 2.67 bits per heavy atom. The number of fused-ring (bicyclic) bond motifs is 1. The van der Waals surface area contributed by atoms with Crippen LogP contribution < -0.4 is 15.8 Å². The summed E-state index contributed by atoms with van der Waals surface area (Å²) in [5.41, 5.74) is 9.72. The molecule has 0 amide bonds. The number of likely N-dealkylation sites (tertiary alicyclic amines) is 1. The minimum absolute atomic E-state index is 0.163. The van der Waals surface area contributed by atoms with Crippen molar-refractivity contribution in [1.82, 2.24) is 19.9 Å². The molecule has 5 rings (SSSR count). The molecule has 4 N–H and O–H groups in total. The van der Waals surface area contributed by atoms with Gasteiger partial charge in [0.05, 0.1) is 11.2 Å². The maximum atomic E-state index is 14.0. The fourth-order valence-corrected chi connectivity index (χ4v) is 4.30. The molecule has 0 unspecified atom stereocenters. The highest BCUT2D eigenvalue weighted by atomic mass is 19.1. The Morgan fingerprint density at radius 1 is 1.09 bits per heavy atom. The number of H-pyrrole nitrogens is 1. The van der Waals surface area contributed by atoms with Crippen LogP contribution in [0.4, 0.5) is 21.8 Å². The molecule has 8 heteroatoms. The lowest BCUT2D eigenvalue weighted by Gasteiger charge is -2.16. The maximum Gasteiger partial charge on any atom is 0.222 e. The number of anilines is 3. The Bertz CT molecular complexity index is 1260. The quantitative estimate of drug-likeness (QED) is 0.375. The van der Waals surface area contributed by atoms with Crippen molar-refractivity contribution in [3.63, 3.8) is 0 Å². The molecule has 1 aliphatic rings. The molecule has 170 valence electrons. The normalized spacial score (nSPS) is 14.1. The summed E-state index contributed by atoms with van der Waals surface area (Å²) in [7, 11) is 0. The third kappa shape index (κ3) is 4.47. The first-order chi connectivity index (χ1) is 16.1. The van der Waals surface area contributed by atoms with Gasteiger partial charge in [0.2, 0.25) is 5.95 Å². The Balaban J connectivity index is 1.35. The molecule has 7 nitrogen and oxygen atoms in total. The van der Waals surface area contributed by atoms with Gasteiger partial charge in [-0.3, -0.25) is 4.90 Å². The van der Waals surface area contributed by atoms with Crippen LogP contribution in [0.1, 0.15) is 18.4 Å². The van der Waals surface area contributed by atoms with Gasteiger partial charge in [-0.1, -0.05) is 0 Å². The summed E-state index contributed by atoms with van der Waals surface area (Å²) >= 11 is 0. The molecule has 3 heterocycles. The fourth-order valence-electron chi connectivity index (χ4n) is 4.30. The third-order valence-electron chi connectivity index (χ3n) is 6.09. The van der Waals surface area contributed by atoms with E-state index in [1.165, 1.54) is 32.0 Å². The molecular formula is C25H27FN6O. The van der Waals surface area contributed by atoms with Gasteiger partial charge in [-0.25, -0.2) is 9.37 Å². The number of nitrogens with two attached hydrogens (primary N) is 1. The lowest BCUT2D eigenvalue weighted by atomic mass is 10.1. The molecule has 33 heavy (non-hydrogen) atoms. The van der Waals surface area contributed by atoms with Crippen molar-refractivity contribution in [3.05, 3.63) is 60.0 Å². The molecule has 4 aromatic rings.